The fraction of sp³-hybridized carbons (Fsp3) is 0.526. The van der Waals surface area contributed by atoms with Crippen molar-refractivity contribution in [1.29, 1.82) is 0 Å². The molecule has 1 aromatic heterocycles. The SMILES string of the molecule is Cc1c(C(=O)N2CCCN(C(C)(C)C)CC2)oc2ccc(Br)cc12. The standard InChI is InChI=1S/C19H25BrN2O2/c1-13-15-12-14(20)6-7-16(15)24-17(13)18(23)21-8-5-9-22(11-10-21)19(2,3)4/h6-7,12H,5,8-11H2,1-4H3. The zero-order chi connectivity index (χ0) is 17.5. The highest BCUT2D eigenvalue weighted by Crippen LogP contribution is 2.29. The first-order valence-corrected chi connectivity index (χ1v) is 9.29. The Balaban J connectivity index is 1.83. The van der Waals surface area contributed by atoms with E-state index in [-0.39, 0.29) is 11.4 Å². The second kappa shape index (κ2) is 6.52. The lowest BCUT2D eigenvalue weighted by atomic mass is 10.1. The highest BCUT2D eigenvalue weighted by Gasteiger charge is 2.28. The number of aryl methyl sites for hydroxylation is 1. The van der Waals surface area contributed by atoms with Crippen LogP contribution in [-0.2, 0) is 0 Å². The minimum atomic E-state index is 0.00980. The molecule has 0 bridgehead atoms. The van der Waals surface area contributed by atoms with Gasteiger partial charge in [0.25, 0.3) is 5.91 Å². The van der Waals surface area contributed by atoms with E-state index in [0.29, 0.717) is 5.76 Å². The van der Waals surface area contributed by atoms with Gasteiger partial charge in [0, 0.05) is 47.1 Å². The van der Waals surface area contributed by atoms with Crippen molar-refractivity contribution in [3.05, 3.63) is 34.0 Å². The van der Waals surface area contributed by atoms with E-state index in [1.54, 1.807) is 0 Å². The molecule has 1 aliphatic heterocycles. The van der Waals surface area contributed by atoms with Gasteiger partial charge in [-0.15, -0.1) is 0 Å². The predicted octanol–water partition coefficient (Wildman–Crippen LogP) is 4.45. The quantitative estimate of drug-likeness (QED) is 0.718. The number of carbonyl (C=O) groups is 1. The fourth-order valence-corrected chi connectivity index (χ4v) is 3.69. The molecule has 2 aromatic rings. The molecule has 1 fully saturated rings. The monoisotopic (exact) mass is 392 g/mol. The third-order valence-corrected chi connectivity index (χ3v) is 5.32. The molecule has 5 heteroatoms. The summed E-state index contributed by atoms with van der Waals surface area (Å²) in [5.41, 5.74) is 1.83. The number of nitrogens with zero attached hydrogens (tertiary/aromatic N) is 2. The van der Waals surface area contributed by atoms with Crippen LogP contribution < -0.4 is 0 Å². The van der Waals surface area contributed by atoms with E-state index in [1.807, 2.05) is 30.0 Å². The number of hydrogen-bond acceptors (Lipinski definition) is 3. The third-order valence-electron chi connectivity index (χ3n) is 4.82. The van der Waals surface area contributed by atoms with Gasteiger partial charge < -0.3 is 9.32 Å². The van der Waals surface area contributed by atoms with Crippen molar-refractivity contribution in [1.82, 2.24) is 9.80 Å². The Labute approximate surface area is 151 Å². The van der Waals surface area contributed by atoms with Crippen molar-refractivity contribution in [2.45, 2.75) is 39.7 Å². The Morgan fingerprint density at radius 2 is 1.92 bits per heavy atom. The molecule has 0 N–H and O–H groups in total. The largest absolute Gasteiger partial charge is 0.451 e. The molecule has 0 spiro atoms. The van der Waals surface area contributed by atoms with E-state index < -0.39 is 0 Å². The lowest BCUT2D eigenvalue weighted by Gasteiger charge is -2.34. The number of hydrogen-bond donors (Lipinski definition) is 0. The maximum absolute atomic E-state index is 13.0. The van der Waals surface area contributed by atoms with Crippen LogP contribution in [0.1, 0.15) is 43.3 Å². The van der Waals surface area contributed by atoms with E-state index in [1.165, 1.54) is 0 Å². The number of rotatable bonds is 1. The number of halogens is 1. The average Bonchev–Trinajstić information content (AvgIpc) is 2.71. The second-order valence-electron chi connectivity index (χ2n) is 7.50. The van der Waals surface area contributed by atoms with E-state index in [2.05, 4.69) is 41.6 Å². The highest BCUT2D eigenvalue weighted by molar-refractivity contribution is 9.10. The minimum absolute atomic E-state index is 0.00980. The van der Waals surface area contributed by atoms with Crippen LogP contribution in [-0.4, -0.2) is 47.4 Å². The number of amides is 1. The molecular formula is C19H25BrN2O2. The molecule has 0 aliphatic carbocycles. The number of benzene rings is 1. The summed E-state index contributed by atoms with van der Waals surface area (Å²) in [6.45, 7) is 12.1. The summed E-state index contributed by atoms with van der Waals surface area (Å²) in [7, 11) is 0. The van der Waals surface area contributed by atoms with Gasteiger partial charge in [-0.25, -0.2) is 0 Å². The van der Waals surface area contributed by atoms with Crippen molar-refractivity contribution in [2.75, 3.05) is 26.2 Å². The molecule has 2 heterocycles. The van der Waals surface area contributed by atoms with Crippen molar-refractivity contribution >= 4 is 32.8 Å². The summed E-state index contributed by atoms with van der Waals surface area (Å²) in [6.07, 6.45) is 0.994. The van der Waals surface area contributed by atoms with Crippen molar-refractivity contribution in [2.24, 2.45) is 0 Å². The molecule has 24 heavy (non-hydrogen) atoms. The Morgan fingerprint density at radius 3 is 2.62 bits per heavy atom. The van der Waals surface area contributed by atoms with Crippen molar-refractivity contribution in [3.8, 4) is 0 Å². The van der Waals surface area contributed by atoms with Gasteiger partial charge in [-0.3, -0.25) is 9.69 Å². The summed E-state index contributed by atoms with van der Waals surface area (Å²) < 4.78 is 6.87. The topological polar surface area (TPSA) is 36.7 Å². The highest BCUT2D eigenvalue weighted by atomic mass is 79.9. The van der Waals surface area contributed by atoms with Crippen LogP contribution in [0.2, 0.25) is 0 Å². The number of carbonyl (C=O) groups excluding carboxylic acids is 1. The van der Waals surface area contributed by atoms with E-state index in [9.17, 15) is 4.79 Å². The lowest BCUT2D eigenvalue weighted by Crippen LogP contribution is -2.44. The zero-order valence-corrected chi connectivity index (χ0v) is 16.4. The van der Waals surface area contributed by atoms with Gasteiger partial charge in [0.2, 0.25) is 0 Å². The molecule has 1 saturated heterocycles. The first kappa shape index (κ1) is 17.5. The zero-order valence-electron chi connectivity index (χ0n) is 14.9. The minimum Gasteiger partial charge on any atom is -0.451 e. The molecule has 0 atom stereocenters. The smallest absolute Gasteiger partial charge is 0.289 e. The summed E-state index contributed by atoms with van der Waals surface area (Å²) in [4.78, 5) is 17.4. The van der Waals surface area contributed by atoms with Crippen molar-refractivity contribution < 1.29 is 9.21 Å². The van der Waals surface area contributed by atoms with Crippen LogP contribution in [0.15, 0.2) is 27.1 Å². The van der Waals surface area contributed by atoms with Gasteiger partial charge >= 0.3 is 0 Å². The predicted molar refractivity (Wildman–Crippen MR) is 100 cm³/mol. The Morgan fingerprint density at radius 1 is 1.17 bits per heavy atom. The van der Waals surface area contributed by atoms with Crippen LogP contribution >= 0.6 is 15.9 Å². The molecule has 4 nitrogen and oxygen atoms in total. The van der Waals surface area contributed by atoms with Crippen LogP contribution in [0, 0.1) is 6.92 Å². The Hall–Kier alpha value is -1.33. The number of fused-ring (bicyclic) bond motifs is 1. The summed E-state index contributed by atoms with van der Waals surface area (Å²) >= 11 is 3.48. The van der Waals surface area contributed by atoms with Crippen LogP contribution in [0.3, 0.4) is 0 Å². The molecule has 3 rings (SSSR count). The fourth-order valence-electron chi connectivity index (χ4n) is 3.33. The first-order valence-electron chi connectivity index (χ1n) is 8.50. The maximum atomic E-state index is 13.0. The van der Waals surface area contributed by atoms with Gasteiger partial charge in [0.15, 0.2) is 5.76 Å². The Kier molecular flexibility index (Phi) is 4.76. The van der Waals surface area contributed by atoms with E-state index in [4.69, 9.17) is 4.42 Å². The van der Waals surface area contributed by atoms with E-state index >= 15 is 0 Å². The Bertz CT molecular complexity index is 761. The van der Waals surface area contributed by atoms with Crippen LogP contribution in [0.5, 0.6) is 0 Å². The molecular weight excluding hydrogens is 368 g/mol. The molecule has 1 aliphatic rings. The first-order chi connectivity index (χ1) is 11.3. The molecule has 130 valence electrons. The average molecular weight is 393 g/mol. The van der Waals surface area contributed by atoms with Gasteiger partial charge in [0.1, 0.15) is 5.58 Å². The van der Waals surface area contributed by atoms with Gasteiger partial charge in [-0.1, -0.05) is 15.9 Å². The van der Waals surface area contributed by atoms with Gasteiger partial charge in [-0.2, -0.15) is 0 Å². The van der Waals surface area contributed by atoms with Crippen LogP contribution in [0.4, 0.5) is 0 Å². The normalized spacial score (nSPS) is 17.3. The van der Waals surface area contributed by atoms with E-state index in [0.717, 1.165) is 53.6 Å². The molecule has 1 amide bonds. The molecule has 0 saturated carbocycles. The van der Waals surface area contributed by atoms with Gasteiger partial charge in [-0.05, 0) is 52.3 Å². The van der Waals surface area contributed by atoms with Crippen LogP contribution in [0.25, 0.3) is 11.0 Å². The second-order valence-corrected chi connectivity index (χ2v) is 8.42. The maximum Gasteiger partial charge on any atom is 0.289 e. The van der Waals surface area contributed by atoms with Crippen molar-refractivity contribution in [3.63, 3.8) is 0 Å². The summed E-state index contributed by atoms with van der Waals surface area (Å²) in [5.74, 6) is 0.489. The third kappa shape index (κ3) is 3.38. The summed E-state index contributed by atoms with van der Waals surface area (Å²) in [6, 6.07) is 5.86. The van der Waals surface area contributed by atoms with Gasteiger partial charge in [0.05, 0.1) is 0 Å². The lowest BCUT2D eigenvalue weighted by molar-refractivity contribution is 0.0719. The summed E-state index contributed by atoms with van der Waals surface area (Å²) in [5, 5.41) is 0.999. The molecule has 1 aromatic carbocycles. The molecule has 0 radical (unpaired) electrons. The number of furan rings is 1. The molecule has 0 unspecified atom stereocenters.